The van der Waals surface area contributed by atoms with Crippen LogP contribution in [0, 0.1) is 0 Å². The monoisotopic (exact) mass is 161 g/mol. The summed E-state index contributed by atoms with van der Waals surface area (Å²) in [6.45, 7) is 2.75. The van der Waals surface area contributed by atoms with Crippen molar-refractivity contribution in [1.29, 1.82) is 0 Å². The Hall–Kier alpha value is -0.610. The third kappa shape index (κ3) is 7.29. The molecule has 4 nitrogen and oxygen atoms in total. The number of nitrogens with one attached hydrogen (secondary N) is 1. The van der Waals surface area contributed by atoms with Crippen LogP contribution in [-0.2, 0) is 9.53 Å². The van der Waals surface area contributed by atoms with Gasteiger partial charge in [-0.3, -0.25) is 4.79 Å². The number of rotatable bonds is 5. The molecule has 11 heavy (non-hydrogen) atoms. The third-order valence-corrected chi connectivity index (χ3v) is 1.17. The van der Waals surface area contributed by atoms with E-state index in [0.29, 0.717) is 19.5 Å². The lowest BCUT2D eigenvalue weighted by atomic mass is 10.4. The van der Waals surface area contributed by atoms with Gasteiger partial charge < -0.3 is 15.2 Å². The molecule has 0 spiro atoms. The summed E-state index contributed by atoms with van der Waals surface area (Å²) in [4.78, 5) is 10.5. The third-order valence-electron chi connectivity index (χ3n) is 1.17. The van der Waals surface area contributed by atoms with E-state index in [0.717, 1.165) is 0 Å². The second kappa shape index (κ2) is 6.12. The molecule has 0 bridgehead atoms. The number of ether oxygens (including phenoxy) is 1. The number of hydrogen-bond donors (Lipinski definition) is 2. The van der Waals surface area contributed by atoms with Crippen LogP contribution in [0.4, 0.5) is 0 Å². The molecule has 66 valence electrons. The number of hydrogen-bond acceptors (Lipinski definition) is 4. The van der Waals surface area contributed by atoms with Gasteiger partial charge in [-0.25, -0.2) is 0 Å². The predicted molar refractivity (Wildman–Crippen MR) is 41.2 cm³/mol. The van der Waals surface area contributed by atoms with Crippen LogP contribution in [0.15, 0.2) is 0 Å². The number of aliphatic hydroxyl groups excluding tert-OH is 1. The Bertz CT molecular complexity index is 114. The number of carbonyl (C=O) groups is 1. The van der Waals surface area contributed by atoms with E-state index >= 15 is 0 Å². The molecule has 0 radical (unpaired) electrons. The van der Waals surface area contributed by atoms with Crippen LogP contribution in [0.5, 0.6) is 0 Å². The van der Waals surface area contributed by atoms with Crippen LogP contribution < -0.4 is 5.32 Å². The van der Waals surface area contributed by atoms with Crippen molar-refractivity contribution in [3.05, 3.63) is 0 Å². The topological polar surface area (TPSA) is 58.6 Å². The molecule has 1 unspecified atom stereocenters. The van der Waals surface area contributed by atoms with E-state index in [1.807, 2.05) is 0 Å². The fourth-order valence-electron chi connectivity index (χ4n) is 0.603. The average molecular weight is 161 g/mol. The van der Waals surface area contributed by atoms with Crippen molar-refractivity contribution >= 4 is 5.97 Å². The first kappa shape index (κ1) is 10.4. The first-order chi connectivity index (χ1) is 5.16. The predicted octanol–water partition coefficient (Wildman–Crippen LogP) is -0.480. The van der Waals surface area contributed by atoms with Crippen LogP contribution in [-0.4, -0.2) is 37.4 Å². The minimum Gasteiger partial charge on any atom is -0.469 e. The van der Waals surface area contributed by atoms with E-state index in [9.17, 15) is 4.79 Å². The van der Waals surface area contributed by atoms with E-state index in [4.69, 9.17) is 5.11 Å². The van der Waals surface area contributed by atoms with Crippen LogP contribution in [0.3, 0.4) is 0 Å². The summed E-state index contributed by atoms with van der Waals surface area (Å²) in [7, 11) is 1.36. The fourth-order valence-corrected chi connectivity index (χ4v) is 0.603. The maximum atomic E-state index is 10.5. The van der Waals surface area contributed by atoms with Gasteiger partial charge in [0.1, 0.15) is 0 Å². The molecule has 0 aliphatic heterocycles. The van der Waals surface area contributed by atoms with Gasteiger partial charge in [0.2, 0.25) is 0 Å². The smallest absolute Gasteiger partial charge is 0.306 e. The molecule has 0 aliphatic carbocycles. The maximum absolute atomic E-state index is 10.5. The Labute approximate surface area is 66.5 Å². The summed E-state index contributed by atoms with van der Waals surface area (Å²) in [5.74, 6) is -0.233. The highest BCUT2D eigenvalue weighted by Gasteiger charge is 1.99. The summed E-state index contributed by atoms with van der Waals surface area (Å²) in [6, 6.07) is 0. The summed E-state index contributed by atoms with van der Waals surface area (Å²) >= 11 is 0. The van der Waals surface area contributed by atoms with Gasteiger partial charge in [0.05, 0.1) is 19.6 Å². The number of carbonyl (C=O) groups excluding carboxylic acids is 1. The molecule has 0 amide bonds. The Balaban J connectivity index is 3.08. The Morgan fingerprint density at radius 3 is 2.82 bits per heavy atom. The maximum Gasteiger partial charge on any atom is 0.306 e. The molecule has 0 rings (SSSR count). The molecule has 2 N–H and O–H groups in total. The summed E-state index contributed by atoms with van der Waals surface area (Å²) in [5, 5.41) is 11.7. The van der Waals surface area contributed by atoms with Gasteiger partial charge in [0, 0.05) is 13.1 Å². The second-order valence-electron chi connectivity index (χ2n) is 2.38. The van der Waals surface area contributed by atoms with Gasteiger partial charge >= 0.3 is 5.97 Å². The number of aliphatic hydroxyl groups is 1. The summed E-state index contributed by atoms with van der Waals surface area (Å²) < 4.78 is 4.42. The molecule has 1 atom stereocenters. The molecule has 4 heteroatoms. The standard InChI is InChI=1S/C7H15NO3/c1-6(9)5-8-4-3-7(10)11-2/h6,8-9H,3-5H2,1-2H3. The first-order valence-electron chi connectivity index (χ1n) is 3.62. The zero-order valence-corrected chi connectivity index (χ0v) is 6.96. The van der Waals surface area contributed by atoms with Gasteiger partial charge in [-0.05, 0) is 6.92 Å². The van der Waals surface area contributed by atoms with Gasteiger partial charge in [-0.2, -0.15) is 0 Å². The van der Waals surface area contributed by atoms with Crippen molar-refractivity contribution in [2.45, 2.75) is 19.4 Å². The Kier molecular flexibility index (Phi) is 5.78. The average Bonchev–Trinajstić information content (AvgIpc) is 1.97. The highest BCUT2D eigenvalue weighted by molar-refractivity contribution is 5.69. The lowest BCUT2D eigenvalue weighted by Gasteiger charge is -2.04. The van der Waals surface area contributed by atoms with Gasteiger partial charge in [-0.1, -0.05) is 0 Å². The van der Waals surface area contributed by atoms with Crippen molar-refractivity contribution in [3.8, 4) is 0 Å². The highest BCUT2D eigenvalue weighted by Crippen LogP contribution is 1.81. The van der Waals surface area contributed by atoms with Crippen molar-refractivity contribution in [1.82, 2.24) is 5.32 Å². The van der Waals surface area contributed by atoms with Gasteiger partial charge in [0.25, 0.3) is 0 Å². The summed E-state index contributed by atoms with van der Waals surface area (Å²) in [5.41, 5.74) is 0. The highest BCUT2D eigenvalue weighted by atomic mass is 16.5. The molecule has 0 saturated heterocycles. The molecular weight excluding hydrogens is 146 g/mol. The molecule has 0 saturated carbocycles. The van der Waals surface area contributed by atoms with E-state index < -0.39 is 0 Å². The number of esters is 1. The lowest BCUT2D eigenvalue weighted by Crippen LogP contribution is -2.26. The second-order valence-corrected chi connectivity index (χ2v) is 2.38. The van der Waals surface area contributed by atoms with Crippen LogP contribution >= 0.6 is 0 Å². The summed E-state index contributed by atoms with van der Waals surface area (Å²) in [6.07, 6.45) is -0.0175. The van der Waals surface area contributed by atoms with E-state index in [1.54, 1.807) is 6.92 Å². The lowest BCUT2D eigenvalue weighted by molar-refractivity contribution is -0.140. The molecule has 0 aromatic heterocycles. The van der Waals surface area contributed by atoms with Crippen molar-refractivity contribution in [2.75, 3.05) is 20.2 Å². The normalized spacial score (nSPS) is 12.6. The largest absolute Gasteiger partial charge is 0.469 e. The molecule has 0 aliphatic rings. The minimum atomic E-state index is -0.368. The van der Waals surface area contributed by atoms with Crippen molar-refractivity contribution in [2.24, 2.45) is 0 Å². The van der Waals surface area contributed by atoms with Crippen molar-refractivity contribution in [3.63, 3.8) is 0 Å². The molecular formula is C7H15NO3. The van der Waals surface area contributed by atoms with Crippen LogP contribution in [0.2, 0.25) is 0 Å². The van der Waals surface area contributed by atoms with Gasteiger partial charge in [0.15, 0.2) is 0 Å². The zero-order chi connectivity index (χ0) is 8.69. The first-order valence-corrected chi connectivity index (χ1v) is 3.62. The molecule has 0 fully saturated rings. The molecule has 0 heterocycles. The molecule has 0 aromatic carbocycles. The van der Waals surface area contributed by atoms with Crippen LogP contribution in [0.1, 0.15) is 13.3 Å². The minimum absolute atomic E-state index is 0.233. The Morgan fingerprint density at radius 2 is 2.36 bits per heavy atom. The number of methoxy groups -OCH3 is 1. The molecule has 0 aromatic rings. The Morgan fingerprint density at radius 1 is 1.73 bits per heavy atom. The van der Waals surface area contributed by atoms with Crippen LogP contribution in [0.25, 0.3) is 0 Å². The van der Waals surface area contributed by atoms with Crippen molar-refractivity contribution < 1.29 is 14.6 Å². The SMILES string of the molecule is COC(=O)CCNCC(C)O. The zero-order valence-electron chi connectivity index (χ0n) is 6.96. The quantitative estimate of drug-likeness (QED) is 0.422. The van der Waals surface area contributed by atoms with E-state index in [1.165, 1.54) is 7.11 Å². The van der Waals surface area contributed by atoms with Gasteiger partial charge in [-0.15, -0.1) is 0 Å². The van der Waals surface area contributed by atoms with E-state index in [2.05, 4.69) is 10.1 Å². The fraction of sp³-hybridized carbons (Fsp3) is 0.857. The van der Waals surface area contributed by atoms with E-state index in [-0.39, 0.29) is 12.1 Å².